The van der Waals surface area contributed by atoms with Crippen LogP contribution in [0.25, 0.3) is 0 Å². The third kappa shape index (κ3) is 4.63. The number of ether oxygens (including phenoxy) is 1. The summed E-state index contributed by atoms with van der Waals surface area (Å²) in [4.78, 5) is 14.2. The van der Waals surface area contributed by atoms with Crippen LogP contribution in [0, 0.1) is 5.41 Å². The summed E-state index contributed by atoms with van der Waals surface area (Å²) in [6.07, 6.45) is 2.92. The van der Waals surface area contributed by atoms with Crippen LogP contribution < -0.4 is 4.74 Å². The Hall–Kier alpha value is -1.36. The highest BCUT2D eigenvalue weighted by Gasteiger charge is 2.22. The molecule has 0 saturated carbocycles. The van der Waals surface area contributed by atoms with Gasteiger partial charge in [0.05, 0.1) is 25.5 Å². The first-order valence-corrected chi connectivity index (χ1v) is 7.02. The number of rotatable bonds is 7. The predicted octanol–water partition coefficient (Wildman–Crippen LogP) is 2.00. The number of nitrogens with zero attached hydrogens (tertiary/aromatic N) is 3. The monoisotopic (exact) mass is 281 g/mol. The topological polar surface area (TPSA) is 47.4 Å². The molecule has 0 amide bonds. The molecule has 114 valence electrons. The van der Waals surface area contributed by atoms with Crippen LogP contribution in [-0.4, -0.2) is 48.2 Å². The van der Waals surface area contributed by atoms with E-state index in [1.165, 1.54) is 0 Å². The second-order valence-electron chi connectivity index (χ2n) is 6.36. The average molecular weight is 281 g/mol. The maximum absolute atomic E-state index is 12.1. The van der Waals surface area contributed by atoms with Crippen molar-refractivity contribution in [2.24, 2.45) is 5.41 Å². The fraction of sp³-hybridized carbons (Fsp3) is 0.733. The van der Waals surface area contributed by atoms with E-state index in [0.29, 0.717) is 12.8 Å². The van der Waals surface area contributed by atoms with E-state index in [0.717, 1.165) is 24.5 Å². The molecule has 0 unspecified atom stereocenters. The van der Waals surface area contributed by atoms with Gasteiger partial charge in [0.1, 0.15) is 5.78 Å². The molecule has 1 aromatic rings. The van der Waals surface area contributed by atoms with E-state index < -0.39 is 0 Å². The fourth-order valence-corrected chi connectivity index (χ4v) is 1.91. The zero-order valence-corrected chi connectivity index (χ0v) is 13.6. The first-order chi connectivity index (χ1) is 9.25. The van der Waals surface area contributed by atoms with Crippen molar-refractivity contribution in [1.82, 2.24) is 14.7 Å². The lowest BCUT2D eigenvalue weighted by molar-refractivity contribution is -0.126. The quantitative estimate of drug-likeness (QED) is 0.767. The molecule has 0 aliphatic heterocycles. The standard InChI is InChI=1S/C15H27N3O2/c1-15(2,3)14(19)8-7-12-13(20-6)11-16-18(12)10-9-17(4)5/h11H,7-10H2,1-6H3. The van der Waals surface area contributed by atoms with Gasteiger partial charge >= 0.3 is 0 Å². The molecule has 0 N–H and O–H groups in total. The molecule has 1 aromatic heterocycles. The Kier molecular flexibility index (Phi) is 5.74. The van der Waals surface area contributed by atoms with E-state index in [-0.39, 0.29) is 11.2 Å². The second-order valence-corrected chi connectivity index (χ2v) is 6.36. The zero-order chi connectivity index (χ0) is 15.3. The van der Waals surface area contributed by atoms with E-state index in [4.69, 9.17) is 4.74 Å². The number of methoxy groups -OCH3 is 1. The first kappa shape index (κ1) is 16.7. The highest BCUT2D eigenvalue weighted by atomic mass is 16.5. The summed E-state index contributed by atoms with van der Waals surface area (Å²) in [7, 11) is 5.70. The molecule has 0 aliphatic carbocycles. The van der Waals surface area contributed by atoms with E-state index in [2.05, 4.69) is 10.00 Å². The molecular weight excluding hydrogens is 254 g/mol. The largest absolute Gasteiger partial charge is 0.493 e. The molecule has 20 heavy (non-hydrogen) atoms. The molecule has 0 atom stereocenters. The van der Waals surface area contributed by atoms with Gasteiger partial charge in [-0.05, 0) is 20.5 Å². The van der Waals surface area contributed by atoms with E-state index in [1.54, 1.807) is 13.3 Å². The smallest absolute Gasteiger partial charge is 0.159 e. The summed E-state index contributed by atoms with van der Waals surface area (Å²) in [6, 6.07) is 0. The van der Waals surface area contributed by atoms with Crippen molar-refractivity contribution in [3.05, 3.63) is 11.9 Å². The maximum atomic E-state index is 12.1. The maximum Gasteiger partial charge on any atom is 0.159 e. The molecule has 0 bridgehead atoms. The Morgan fingerprint density at radius 2 is 2.05 bits per heavy atom. The SMILES string of the molecule is COc1cnn(CCN(C)C)c1CCC(=O)C(C)(C)C. The number of hydrogen-bond donors (Lipinski definition) is 0. The van der Waals surface area contributed by atoms with Gasteiger partial charge in [0.15, 0.2) is 5.75 Å². The van der Waals surface area contributed by atoms with Crippen LogP contribution in [0.15, 0.2) is 6.20 Å². The van der Waals surface area contributed by atoms with Crippen LogP contribution in [0.1, 0.15) is 32.9 Å². The Labute approximate surface area is 121 Å². The van der Waals surface area contributed by atoms with E-state index in [1.807, 2.05) is 39.5 Å². The molecule has 0 aliphatic rings. The number of likely N-dealkylation sites (N-methyl/N-ethyl adjacent to an activating group) is 1. The van der Waals surface area contributed by atoms with Crippen molar-refractivity contribution in [2.75, 3.05) is 27.7 Å². The van der Waals surface area contributed by atoms with Gasteiger partial charge in [0.25, 0.3) is 0 Å². The summed E-state index contributed by atoms with van der Waals surface area (Å²) in [5, 5.41) is 4.35. The number of ketones is 1. The molecule has 0 aromatic carbocycles. The van der Waals surface area contributed by atoms with Gasteiger partial charge in [0.2, 0.25) is 0 Å². The van der Waals surface area contributed by atoms with Crippen molar-refractivity contribution < 1.29 is 9.53 Å². The van der Waals surface area contributed by atoms with Crippen LogP contribution >= 0.6 is 0 Å². The van der Waals surface area contributed by atoms with Crippen molar-refractivity contribution in [1.29, 1.82) is 0 Å². The lowest BCUT2D eigenvalue weighted by atomic mass is 9.88. The zero-order valence-electron chi connectivity index (χ0n) is 13.6. The molecule has 5 heteroatoms. The van der Waals surface area contributed by atoms with Crippen LogP contribution in [0.5, 0.6) is 5.75 Å². The third-order valence-electron chi connectivity index (χ3n) is 3.31. The lowest BCUT2D eigenvalue weighted by Crippen LogP contribution is -2.22. The van der Waals surface area contributed by atoms with E-state index in [9.17, 15) is 4.79 Å². The van der Waals surface area contributed by atoms with Gasteiger partial charge in [-0.25, -0.2) is 0 Å². The van der Waals surface area contributed by atoms with Gasteiger partial charge in [-0.1, -0.05) is 20.8 Å². The van der Waals surface area contributed by atoms with Crippen molar-refractivity contribution >= 4 is 5.78 Å². The minimum absolute atomic E-state index is 0.264. The Morgan fingerprint density at radius 3 is 2.55 bits per heavy atom. The van der Waals surface area contributed by atoms with Gasteiger partial charge in [-0.3, -0.25) is 9.48 Å². The Morgan fingerprint density at radius 1 is 1.40 bits per heavy atom. The number of carbonyl (C=O) groups excluding carboxylic acids is 1. The first-order valence-electron chi connectivity index (χ1n) is 7.02. The number of aromatic nitrogens is 2. The molecule has 0 fully saturated rings. The predicted molar refractivity (Wildman–Crippen MR) is 80.1 cm³/mol. The number of Topliss-reactive ketones (excluding diaryl/α,β-unsaturated/α-hetero) is 1. The molecule has 5 nitrogen and oxygen atoms in total. The van der Waals surface area contributed by atoms with E-state index >= 15 is 0 Å². The lowest BCUT2D eigenvalue weighted by Gasteiger charge is -2.17. The Balaban J connectivity index is 2.76. The summed E-state index contributed by atoms with van der Waals surface area (Å²) < 4.78 is 7.28. The third-order valence-corrected chi connectivity index (χ3v) is 3.31. The van der Waals surface area contributed by atoms with Crippen LogP contribution in [-0.2, 0) is 17.8 Å². The average Bonchev–Trinajstić information content (AvgIpc) is 2.74. The normalized spacial score (nSPS) is 11.9. The van der Waals surface area contributed by atoms with Gasteiger partial charge < -0.3 is 9.64 Å². The highest BCUT2D eigenvalue weighted by molar-refractivity contribution is 5.83. The minimum Gasteiger partial charge on any atom is -0.493 e. The summed E-state index contributed by atoms with van der Waals surface area (Å²) in [6.45, 7) is 7.57. The number of carbonyl (C=O) groups is 1. The molecule has 0 saturated heterocycles. The molecular formula is C15H27N3O2. The van der Waals surface area contributed by atoms with Crippen molar-refractivity contribution in [3.8, 4) is 5.75 Å². The molecule has 1 rings (SSSR count). The second kappa shape index (κ2) is 6.88. The van der Waals surface area contributed by atoms with Gasteiger partial charge in [-0.2, -0.15) is 5.10 Å². The Bertz CT molecular complexity index is 444. The van der Waals surface area contributed by atoms with Crippen LogP contribution in [0.4, 0.5) is 0 Å². The number of hydrogen-bond acceptors (Lipinski definition) is 4. The molecule has 1 heterocycles. The van der Waals surface area contributed by atoms with Crippen molar-refractivity contribution in [3.63, 3.8) is 0 Å². The van der Waals surface area contributed by atoms with Gasteiger partial charge in [-0.15, -0.1) is 0 Å². The highest BCUT2D eigenvalue weighted by Crippen LogP contribution is 2.23. The molecule has 0 radical (unpaired) electrons. The minimum atomic E-state index is -0.290. The van der Waals surface area contributed by atoms with Crippen LogP contribution in [0.3, 0.4) is 0 Å². The molecule has 0 spiro atoms. The summed E-state index contributed by atoms with van der Waals surface area (Å²) in [5.74, 6) is 1.03. The van der Waals surface area contributed by atoms with Crippen molar-refractivity contribution in [2.45, 2.75) is 40.2 Å². The summed E-state index contributed by atoms with van der Waals surface area (Å²) >= 11 is 0. The summed E-state index contributed by atoms with van der Waals surface area (Å²) in [5.41, 5.74) is 0.716. The van der Waals surface area contributed by atoms with Crippen LogP contribution in [0.2, 0.25) is 0 Å². The van der Waals surface area contributed by atoms with Gasteiger partial charge in [0, 0.05) is 18.4 Å². The fourth-order valence-electron chi connectivity index (χ4n) is 1.91.